The molecule has 166 valence electrons. The van der Waals surface area contributed by atoms with Gasteiger partial charge in [-0.1, -0.05) is 17.7 Å². The quantitative estimate of drug-likeness (QED) is 0.304. The molecule has 0 unspecified atom stereocenters. The van der Waals surface area contributed by atoms with Crippen LogP contribution in [0.2, 0.25) is 5.15 Å². The van der Waals surface area contributed by atoms with Gasteiger partial charge in [0.05, 0.1) is 44.6 Å². The molecule has 0 spiro atoms. The highest BCUT2D eigenvalue weighted by Gasteiger charge is 2.31. The van der Waals surface area contributed by atoms with E-state index in [1.54, 1.807) is 6.92 Å². The molecule has 3 aromatic rings. The average Bonchev–Trinajstić information content (AvgIpc) is 3.01. The normalized spacial score (nSPS) is 11.7. The molecule has 0 aliphatic rings. The number of alkyl halides is 3. The van der Waals surface area contributed by atoms with Gasteiger partial charge in [-0.05, 0) is 31.2 Å². The molecule has 0 amide bonds. The maximum absolute atomic E-state index is 13.0. The molecular weight excluding hydrogens is 457 g/mol. The van der Waals surface area contributed by atoms with Gasteiger partial charge in [-0.2, -0.15) is 23.4 Å². The van der Waals surface area contributed by atoms with Crippen LogP contribution in [-0.4, -0.2) is 25.8 Å². The van der Waals surface area contributed by atoms with Gasteiger partial charge in [0.2, 0.25) is 0 Å². The lowest BCUT2D eigenvalue weighted by atomic mass is 10.2. The van der Waals surface area contributed by atoms with Crippen molar-refractivity contribution in [3.05, 3.63) is 84.7 Å². The summed E-state index contributed by atoms with van der Waals surface area (Å²) < 4.78 is 40.0. The third-order valence-electron chi connectivity index (χ3n) is 4.23. The molecule has 0 saturated heterocycles. The lowest BCUT2D eigenvalue weighted by Gasteiger charge is -2.09. The van der Waals surface area contributed by atoms with Crippen molar-refractivity contribution in [2.75, 3.05) is 5.43 Å². The summed E-state index contributed by atoms with van der Waals surface area (Å²) in [6.45, 7) is 1.55. The number of halogens is 4. The molecule has 0 aliphatic heterocycles. The number of hydrazone groups is 1. The summed E-state index contributed by atoms with van der Waals surface area (Å²) in [7, 11) is 0. The Morgan fingerprint density at radius 2 is 1.88 bits per heavy atom. The minimum Gasteiger partial charge on any atom is -0.272 e. The van der Waals surface area contributed by atoms with Gasteiger partial charge < -0.3 is 0 Å². The maximum atomic E-state index is 13.0. The number of aryl methyl sites for hydroxylation is 1. The highest BCUT2D eigenvalue weighted by molar-refractivity contribution is 6.32. The first-order valence-corrected chi connectivity index (χ1v) is 9.01. The van der Waals surface area contributed by atoms with Crippen molar-refractivity contribution < 1.29 is 23.0 Å². The molecule has 10 nitrogen and oxygen atoms in total. The number of nitro groups is 2. The van der Waals surface area contributed by atoms with E-state index < -0.39 is 33.0 Å². The number of non-ortho nitro benzene ring substituents is 1. The summed E-state index contributed by atoms with van der Waals surface area (Å²) in [5, 5.41) is 29.9. The number of hydrogen-bond acceptors (Lipinski definition) is 7. The van der Waals surface area contributed by atoms with Crippen LogP contribution in [-0.2, 0) is 6.18 Å². The lowest BCUT2D eigenvalue weighted by Crippen LogP contribution is -2.06. The Morgan fingerprint density at radius 3 is 2.50 bits per heavy atom. The van der Waals surface area contributed by atoms with Crippen LogP contribution in [0.3, 0.4) is 0 Å². The fourth-order valence-electron chi connectivity index (χ4n) is 2.69. The largest absolute Gasteiger partial charge is 0.416 e. The van der Waals surface area contributed by atoms with E-state index in [9.17, 15) is 33.4 Å². The summed E-state index contributed by atoms with van der Waals surface area (Å²) in [6.07, 6.45) is -3.36. The average molecular weight is 469 g/mol. The summed E-state index contributed by atoms with van der Waals surface area (Å²) in [6, 6.07) is 7.38. The van der Waals surface area contributed by atoms with E-state index in [0.29, 0.717) is 5.69 Å². The molecule has 0 saturated carbocycles. The molecule has 2 aromatic carbocycles. The summed E-state index contributed by atoms with van der Waals surface area (Å²) >= 11 is 6.27. The molecule has 14 heteroatoms. The first-order chi connectivity index (χ1) is 15.0. The number of hydrogen-bond donors (Lipinski definition) is 1. The van der Waals surface area contributed by atoms with Crippen LogP contribution in [0.25, 0.3) is 5.69 Å². The van der Waals surface area contributed by atoms with Crippen molar-refractivity contribution in [2.24, 2.45) is 5.10 Å². The summed E-state index contributed by atoms with van der Waals surface area (Å²) in [4.78, 5) is 20.4. The molecule has 0 bridgehead atoms. The number of nitro benzene ring substituents is 2. The number of benzene rings is 2. The van der Waals surface area contributed by atoms with Gasteiger partial charge in [0, 0.05) is 6.07 Å². The van der Waals surface area contributed by atoms with Gasteiger partial charge in [-0.3, -0.25) is 25.7 Å². The Morgan fingerprint density at radius 1 is 1.16 bits per heavy atom. The number of aromatic nitrogens is 2. The topological polar surface area (TPSA) is 128 Å². The minimum absolute atomic E-state index is 0.0365. The molecule has 0 fully saturated rings. The van der Waals surface area contributed by atoms with E-state index >= 15 is 0 Å². The predicted molar refractivity (Wildman–Crippen MR) is 109 cm³/mol. The number of rotatable bonds is 6. The summed E-state index contributed by atoms with van der Waals surface area (Å²) in [5.74, 6) is 0. The van der Waals surface area contributed by atoms with Crippen molar-refractivity contribution in [2.45, 2.75) is 13.1 Å². The monoisotopic (exact) mass is 468 g/mol. The number of nitrogens with one attached hydrogen (secondary N) is 1. The Hall–Kier alpha value is -4.00. The minimum atomic E-state index is -4.54. The summed E-state index contributed by atoms with van der Waals surface area (Å²) in [5.41, 5.74) is 1.03. The van der Waals surface area contributed by atoms with Crippen molar-refractivity contribution in [3.8, 4) is 5.69 Å². The van der Waals surface area contributed by atoms with Crippen LogP contribution in [0.15, 0.2) is 47.6 Å². The second-order valence-corrected chi connectivity index (χ2v) is 6.69. The van der Waals surface area contributed by atoms with Crippen molar-refractivity contribution >= 4 is 34.9 Å². The molecule has 0 atom stereocenters. The molecule has 0 radical (unpaired) electrons. The Bertz CT molecular complexity index is 1240. The van der Waals surface area contributed by atoms with Crippen LogP contribution in [0, 0.1) is 27.2 Å². The fourth-order valence-corrected chi connectivity index (χ4v) is 3.01. The maximum Gasteiger partial charge on any atom is 0.416 e. The third-order valence-corrected chi connectivity index (χ3v) is 4.60. The zero-order valence-corrected chi connectivity index (χ0v) is 16.8. The second kappa shape index (κ2) is 8.63. The number of nitrogens with zero attached hydrogens (tertiary/aromatic N) is 5. The standard InChI is InChI=1S/C18H12ClF3N6O4/c1-10-14(9-23-24-15-6-5-13(27(29)30)8-16(15)28(31)32)17(19)26(25-10)12-4-2-3-11(7-12)18(20,21)22/h2-9,24H,1H3. The predicted octanol–water partition coefficient (Wildman–Crippen LogP) is 5.12. The smallest absolute Gasteiger partial charge is 0.272 e. The molecule has 1 N–H and O–H groups in total. The van der Waals surface area contributed by atoms with E-state index in [0.717, 1.165) is 35.0 Å². The second-order valence-electron chi connectivity index (χ2n) is 6.34. The van der Waals surface area contributed by atoms with Crippen LogP contribution in [0.5, 0.6) is 0 Å². The van der Waals surface area contributed by atoms with Gasteiger partial charge in [0.25, 0.3) is 5.69 Å². The van der Waals surface area contributed by atoms with Crippen LogP contribution in [0.4, 0.5) is 30.2 Å². The first-order valence-electron chi connectivity index (χ1n) is 8.63. The Kier molecular flexibility index (Phi) is 6.11. The van der Waals surface area contributed by atoms with E-state index in [2.05, 4.69) is 15.6 Å². The van der Waals surface area contributed by atoms with Gasteiger partial charge in [0.1, 0.15) is 10.8 Å². The molecule has 32 heavy (non-hydrogen) atoms. The first kappa shape index (κ1) is 22.7. The van der Waals surface area contributed by atoms with E-state index in [4.69, 9.17) is 11.6 Å². The molecule has 3 rings (SSSR count). The van der Waals surface area contributed by atoms with Gasteiger partial charge in [0.15, 0.2) is 0 Å². The number of anilines is 1. The third kappa shape index (κ3) is 4.67. The molecule has 1 aromatic heterocycles. The van der Waals surface area contributed by atoms with Crippen molar-refractivity contribution in [1.82, 2.24) is 9.78 Å². The SMILES string of the molecule is Cc1nn(-c2cccc(C(F)(F)F)c2)c(Cl)c1C=NNc1ccc([N+](=O)[O-])cc1[N+](=O)[O-]. The van der Waals surface area contributed by atoms with Crippen LogP contribution < -0.4 is 5.43 Å². The highest BCUT2D eigenvalue weighted by atomic mass is 35.5. The van der Waals surface area contributed by atoms with Crippen molar-refractivity contribution in [3.63, 3.8) is 0 Å². The van der Waals surface area contributed by atoms with Gasteiger partial charge in [-0.25, -0.2) is 4.68 Å². The zero-order valence-electron chi connectivity index (χ0n) is 16.0. The molecule has 1 heterocycles. The Balaban J connectivity index is 1.90. The zero-order chi connectivity index (χ0) is 23.6. The fraction of sp³-hybridized carbons (Fsp3) is 0.111. The highest BCUT2D eigenvalue weighted by Crippen LogP contribution is 2.32. The van der Waals surface area contributed by atoms with E-state index in [1.165, 1.54) is 18.3 Å². The molecule has 0 aliphatic carbocycles. The van der Waals surface area contributed by atoms with Crippen molar-refractivity contribution in [1.29, 1.82) is 0 Å². The molecular formula is C18H12ClF3N6O4. The van der Waals surface area contributed by atoms with E-state index in [-0.39, 0.29) is 22.1 Å². The lowest BCUT2D eigenvalue weighted by molar-refractivity contribution is -0.393. The Labute approximate surface area is 182 Å². The van der Waals surface area contributed by atoms with E-state index in [1.807, 2.05) is 0 Å². The van der Waals surface area contributed by atoms with Crippen LogP contribution in [0.1, 0.15) is 16.8 Å². The van der Waals surface area contributed by atoms with Gasteiger partial charge >= 0.3 is 11.9 Å². The van der Waals surface area contributed by atoms with Crippen LogP contribution >= 0.6 is 11.6 Å². The van der Waals surface area contributed by atoms with Gasteiger partial charge in [-0.15, -0.1) is 0 Å².